The maximum Gasteiger partial charge on any atom is 0.303 e. The molecule has 4 rings (SSSR count). The summed E-state index contributed by atoms with van der Waals surface area (Å²) in [5.74, 6) is 5.30. The van der Waals surface area contributed by atoms with Crippen LogP contribution in [0, 0.1) is 23.1 Å². The number of carbonyl (C=O) groups is 1. The first-order valence-electron chi connectivity index (χ1n) is 12.4. The Bertz CT molecular complexity index is 1380. The van der Waals surface area contributed by atoms with Crippen LogP contribution in [0.2, 0.25) is 10.0 Å². The van der Waals surface area contributed by atoms with Crippen LogP contribution in [0.25, 0.3) is 10.9 Å². The Labute approximate surface area is 231 Å². The van der Waals surface area contributed by atoms with Crippen molar-refractivity contribution in [2.75, 3.05) is 26.7 Å². The van der Waals surface area contributed by atoms with E-state index in [1.165, 1.54) is 18.3 Å². The number of methoxy groups -OCH3 is 1. The molecule has 0 spiro atoms. The van der Waals surface area contributed by atoms with E-state index in [-0.39, 0.29) is 11.4 Å². The Kier molecular flexibility index (Phi) is 9.11. The van der Waals surface area contributed by atoms with Gasteiger partial charge in [0, 0.05) is 22.7 Å². The van der Waals surface area contributed by atoms with Crippen molar-refractivity contribution in [2.24, 2.45) is 5.41 Å². The first-order valence-corrected chi connectivity index (χ1v) is 13.1. The number of aliphatic hydroxyl groups excluding tert-OH is 1. The number of piperidine rings is 1. The van der Waals surface area contributed by atoms with Gasteiger partial charge in [-0.2, -0.15) is 0 Å². The van der Waals surface area contributed by atoms with Gasteiger partial charge in [0.1, 0.15) is 11.6 Å². The molecule has 2 N–H and O–H groups in total. The quantitative estimate of drug-likeness (QED) is 0.324. The predicted octanol–water partition coefficient (Wildman–Crippen LogP) is 6.11. The molecule has 200 valence electrons. The second kappa shape index (κ2) is 12.3. The van der Waals surface area contributed by atoms with E-state index < -0.39 is 23.3 Å². The second-order valence-corrected chi connectivity index (χ2v) is 10.5. The number of rotatable bonds is 8. The van der Waals surface area contributed by atoms with Crippen LogP contribution in [0.5, 0.6) is 5.75 Å². The highest BCUT2D eigenvalue weighted by Crippen LogP contribution is 2.43. The monoisotopic (exact) mass is 558 g/mol. The maximum atomic E-state index is 13.6. The van der Waals surface area contributed by atoms with E-state index in [1.54, 1.807) is 25.3 Å². The van der Waals surface area contributed by atoms with E-state index in [2.05, 4.69) is 21.7 Å². The molecule has 0 radical (unpaired) electrons. The molecular formula is C29H29Cl2FN2O4. The van der Waals surface area contributed by atoms with Crippen LogP contribution in [0.3, 0.4) is 0 Å². The fourth-order valence-corrected chi connectivity index (χ4v) is 5.46. The zero-order chi connectivity index (χ0) is 27.3. The number of pyridine rings is 1. The Morgan fingerprint density at radius 3 is 2.66 bits per heavy atom. The van der Waals surface area contributed by atoms with Gasteiger partial charge in [-0.3, -0.25) is 14.7 Å². The number of aromatic nitrogens is 1. The van der Waals surface area contributed by atoms with Gasteiger partial charge in [-0.1, -0.05) is 35.0 Å². The van der Waals surface area contributed by atoms with Crippen LogP contribution in [-0.4, -0.2) is 52.8 Å². The number of benzene rings is 2. The van der Waals surface area contributed by atoms with Crippen molar-refractivity contribution in [1.82, 2.24) is 9.88 Å². The van der Waals surface area contributed by atoms with Crippen LogP contribution in [0.15, 0.2) is 42.6 Å². The van der Waals surface area contributed by atoms with Crippen LogP contribution in [-0.2, 0) is 4.79 Å². The van der Waals surface area contributed by atoms with E-state index >= 15 is 0 Å². The van der Waals surface area contributed by atoms with E-state index in [0.717, 1.165) is 0 Å². The van der Waals surface area contributed by atoms with Gasteiger partial charge in [-0.25, -0.2) is 4.39 Å². The molecule has 1 aliphatic rings. The molecule has 1 saturated heterocycles. The largest absolute Gasteiger partial charge is 0.497 e. The van der Waals surface area contributed by atoms with E-state index in [4.69, 9.17) is 27.9 Å². The number of likely N-dealkylation sites (tertiary alicyclic amines) is 1. The molecule has 0 amide bonds. The fraction of sp³-hybridized carbons (Fsp3) is 0.379. The topological polar surface area (TPSA) is 82.9 Å². The molecule has 1 aliphatic heterocycles. The van der Waals surface area contributed by atoms with Crippen molar-refractivity contribution < 1.29 is 24.1 Å². The summed E-state index contributed by atoms with van der Waals surface area (Å²) in [6, 6.07) is 9.88. The maximum absolute atomic E-state index is 13.6. The molecule has 9 heteroatoms. The summed E-state index contributed by atoms with van der Waals surface area (Å²) in [5, 5.41) is 22.0. The highest BCUT2D eigenvalue weighted by atomic mass is 35.5. The average molecular weight is 559 g/mol. The summed E-state index contributed by atoms with van der Waals surface area (Å²) in [6.45, 7) is 1.86. The van der Waals surface area contributed by atoms with Gasteiger partial charge in [0.2, 0.25) is 0 Å². The molecule has 0 aliphatic carbocycles. The highest BCUT2D eigenvalue weighted by molar-refractivity contribution is 6.32. The smallest absolute Gasteiger partial charge is 0.303 e. The predicted molar refractivity (Wildman–Crippen MR) is 146 cm³/mol. The second-order valence-electron chi connectivity index (χ2n) is 9.73. The van der Waals surface area contributed by atoms with Crippen LogP contribution < -0.4 is 4.74 Å². The van der Waals surface area contributed by atoms with Gasteiger partial charge >= 0.3 is 5.97 Å². The number of fused-ring (bicyclic) bond motifs is 1. The number of nitrogens with zero attached hydrogens (tertiary/aromatic N) is 2. The molecule has 3 aromatic rings. The van der Waals surface area contributed by atoms with Gasteiger partial charge in [0.05, 0.1) is 41.7 Å². The standard InChI is InChI=1S/C29H29Cl2FN2O4/c1-38-20-5-7-25-21(16-20)28(23(31)18-33-25)26(35)8-9-29(17-27(36)37)10-13-34(14-11-29)12-2-3-19-4-6-22(30)24(32)15-19/h4-7,15-16,18,26,35H,8-14,17H2,1H3,(H,36,37). The number of carboxylic acid groups (broad SMARTS) is 1. The first-order chi connectivity index (χ1) is 18.2. The van der Waals surface area contributed by atoms with E-state index in [0.29, 0.717) is 78.1 Å². The van der Waals surface area contributed by atoms with Crippen molar-refractivity contribution >= 4 is 40.1 Å². The number of halogens is 3. The van der Waals surface area contributed by atoms with Gasteiger partial charge in [0.15, 0.2) is 0 Å². The number of ether oxygens (including phenoxy) is 1. The molecular weight excluding hydrogens is 530 g/mol. The Balaban J connectivity index is 1.42. The number of hydrogen-bond donors (Lipinski definition) is 2. The normalized spacial score (nSPS) is 16.0. The highest BCUT2D eigenvalue weighted by Gasteiger charge is 2.37. The number of carboxylic acids is 1. The molecule has 0 saturated carbocycles. The van der Waals surface area contributed by atoms with E-state index in [1.807, 2.05) is 6.07 Å². The molecule has 0 bridgehead atoms. The number of aliphatic carboxylic acids is 1. The average Bonchev–Trinajstić information content (AvgIpc) is 2.90. The van der Waals surface area contributed by atoms with Crippen molar-refractivity contribution in [2.45, 2.75) is 38.2 Å². The minimum Gasteiger partial charge on any atom is -0.497 e. The van der Waals surface area contributed by atoms with Crippen molar-refractivity contribution in [3.63, 3.8) is 0 Å². The molecule has 1 atom stereocenters. The first kappa shape index (κ1) is 28.1. The minimum atomic E-state index is -0.880. The SMILES string of the molecule is COc1ccc2ncc(Cl)c(C(O)CCC3(CC(=O)O)CCN(CC#Cc4ccc(Cl)c(F)c4)CC3)c2c1. The van der Waals surface area contributed by atoms with E-state index in [9.17, 15) is 19.4 Å². The summed E-state index contributed by atoms with van der Waals surface area (Å²) >= 11 is 12.2. The summed E-state index contributed by atoms with van der Waals surface area (Å²) < 4.78 is 19.0. The third-order valence-corrected chi connectivity index (χ3v) is 7.86. The molecule has 6 nitrogen and oxygen atoms in total. The zero-order valence-electron chi connectivity index (χ0n) is 21.0. The van der Waals surface area contributed by atoms with Gasteiger partial charge < -0.3 is 14.9 Å². The van der Waals surface area contributed by atoms with Gasteiger partial charge in [0.25, 0.3) is 0 Å². The molecule has 2 aromatic carbocycles. The van der Waals surface area contributed by atoms with Crippen LogP contribution >= 0.6 is 23.2 Å². The fourth-order valence-electron chi connectivity index (χ4n) is 5.07. The Morgan fingerprint density at radius 2 is 1.97 bits per heavy atom. The molecule has 38 heavy (non-hydrogen) atoms. The van der Waals surface area contributed by atoms with Crippen LogP contribution in [0.1, 0.15) is 49.3 Å². The van der Waals surface area contributed by atoms with Crippen molar-refractivity contribution in [3.8, 4) is 17.6 Å². The third-order valence-electron chi connectivity index (χ3n) is 7.25. The minimum absolute atomic E-state index is 0.0297. The summed E-state index contributed by atoms with van der Waals surface area (Å²) in [4.78, 5) is 18.3. The lowest BCUT2D eigenvalue weighted by molar-refractivity contribution is -0.141. The zero-order valence-corrected chi connectivity index (χ0v) is 22.5. The lowest BCUT2D eigenvalue weighted by Crippen LogP contribution is -2.41. The van der Waals surface area contributed by atoms with Crippen molar-refractivity contribution in [1.29, 1.82) is 0 Å². The van der Waals surface area contributed by atoms with Crippen molar-refractivity contribution in [3.05, 3.63) is 69.6 Å². The molecule has 2 heterocycles. The third kappa shape index (κ3) is 6.75. The molecule has 1 aromatic heterocycles. The Hall–Kier alpha value is -2.89. The van der Waals surface area contributed by atoms with Crippen LogP contribution in [0.4, 0.5) is 4.39 Å². The summed E-state index contributed by atoms with van der Waals surface area (Å²) in [5.41, 5.74) is 1.38. The molecule has 1 unspecified atom stereocenters. The Morgan fingerprint density at radius 1 is 1.21 bits per heavy atom. The number of hydrogen-bond acceptors (Lipinski definition) is 5. The summed E-state index contributed by atoms with van der Waals surface area (Å²) in [7, 11) is 1.57. The lowest BCUT2D eigenvalue weighted by Gasteiger charge is -2.41. The number of aliphatic hydroxyl groups is 1. The molecule has 1 fully saturated rings. The lowest BCUT2D eigenvalue weighted by atomic mass is 9.71. The van der Waals surface area contributed by atoms with Gasteiger partial charge in [-0.05, 0) is 80.6 Å². The van der Waals surface area contributed by atoms with Gasteiger partial charge in [-0.15, -0.1) is 0 Å². The summed E-state index contributed by atoms with van der Waals surface area (Å²) in [6.07, 6.45) is 2.92.